The zero-order chi connectivity index (χ0) is 12.3. The average molecular weight is 230 g/mol. The highest BCUT2D eigenvalue weighted by Crippen LogP contribution is 2.15. The van der Waals surface area contributed by atoms with Gasteiger partial charge in [0.1, 0.15) is 0 Å². The highest BCUT2D eigenvalue weighted by Gasteiger charge is 2.03. The molecule has 1 heterocycles. The molecule has 0 aliphatic heterocycles. The van der Waals surface area contributed by atoms with Gasteiger partial charge in [-0.3, -0.25) is 4.90 Å². The third kappa shape index (κ3) is 3.11. The van der Waals surface area contributed by atoms with E-state index in [1.54, 1.807) is 12.5 Å². The number of hydrogen-bond acceptors (Lipinski definition) is 3. The largest absolute Gasteiger partial charge is 0.472 e. The second-order valence-electron chi connectivity index (χ2n) is 4.49. The molecule has 2 aromatic rings. The van der Waals surface area contributed by atoms with Crippen molar-refractivity contribution in [1.29, 1.82) is 0 Å². The normalized spacial score (nSPS) is 11.0. The molecule has 2 N–H and O–H groups in total. The first-order chi connectivity index (χ1) is 8.15. The lowest BCUT2D eigenvalue weighted by Gasteiger charge is -2.16. The predicted octanol–water partition coefficient (Wildman–Crippen LogP) is 2.80. The first-order valence-electron chi connectivity index (χ1n) is 5.70. The fraction of sp³-hybridized carbons (Fsp3) is 0.286. The summed E-state index contributed by atoms with van der Waals surface area (Å²) in [6, 6.07) is 8.18. The molecule has 17 heavy (non-hydrogen) atoms. The minimum absolute atomic E-state index is 0.853. The van der Waals surface area contributed by atoms with Crippen LogP contribution in [0.5, 0.6) is 0 Å². The summed E-state index contributed by atoms with van der Waals surface area (Å²) in [5.74, 6) is 0. The Labute approximate surface area is 102 Å². The van der Waals surface area contributed by atoms with Crippen molar-refractivity contribution < 1.29 is 4.42 Å². The molecule has 0 radical (unpaired) electrons. The number of nitrogens with zero attached hydrogens (tertiary/aromatic N) is 1. The molecule has 0 fully saturated rings. The summed E-state index contributed by atoms with van der Waals surface area (Å²) in [6.45, 7) is 3.83. The van der Waals surface area contributed by atoms with Crippen LogP contribution in [0.4, 0.5) is 5.69 Å². The van der Waals surface area contributed by atoms with Crippen molar-refractivity contribution in [3.05, 3.63) is 53.5 Å². The van der Waals surface area contributed by atoms with E-state index in [9.17, 15) is 0 Å². The maximum atomic E-state index is 5.80. The van der Waals surface area contributed by atoms with Gasteiger partial charge < -0.3 is 10.2 Å². The topological polar surface area (TPSA) is 42.4 Å². The Morgan fingerprint density at radius 3 is 2.59 bits per heavy atom. The zero-order valence-electron chi connectivity index (χ0n) is 10.3. The van der Waals surface area contributed by atoms with Gasteiger partial charge in [-0.05, 0) is 37.2 Å². The van der Waals surface area contributed by atoms with Gasteiger partial charge in [0.15, 0.2) is 0 Å². The Bertz CT molecular complexity index is 477. The average Bonchev–Trinajstić information content (AvgIpc) is 2.76. The van der Waals surface area contributed by atoms with Crippen molar-refractivity contribution in [1.82, 2.24) is 4.90 Å². The molecule has 0 saturated carbocycles. The highest BCUT2D eigenvalue weighted by molar-refractivity contribution is 5.47. The predicted molar refractivity (Wildman–Crippen MR) is 69.5 cm³/mol. The fourth-order valence-electron chi connectivity index (χ4n) is 1.90. The molecular formula is C14H18N2O. The van der Waals surface area contributed by atoms with E-state index in [1.165, 1.54) is 11.1 Å². The van der Waals surface area contributed by atoms with Crippen LogP contribution in [0.3, 0.4) is 0 Å². The van der Waals surface area contributed by atoms with Gasteiger partial charge in [0.2, 0.25) is 0 Å². The van der Waals surface area contributed by atoms with Crippen LogP contribution < -0.4 is 5.73 Å². The van der Waals surface area contributed by atoms with E-state index in [4.69, 9.17) is 10.2 Å². The van der Waals surface area contributed by atoms with Crippen molar-refractivity contribution in [3.63, 3.8) is 0 Å². The van der Waals surface area contributed by atoms with E-state index in [0.29, 0.717) is 0 Å². The van der Waals surface area contributed by atoms with E-state index in [-0.39, 0.29) is 0 Å². The molecule has 0 saturated heterocycles. The van der Waals surface area contributed by atoms with Crippen LogP contribution in [0.25, 0.3) is 0 Å². The lowest BCUT2D eigenvalue weighted by atomic mass is 10.1. The third-order valence-corrected chi connectivity index (χ3v) is 2.82. The van der Waals surface area contributed by atoms with Crippen LogP contribution in [-0.4, -0.2) is 11.9 Å². The fourth-order valence-corrected chi connectivity index (χ4v) is 1.90. The number of furan rings is 1. The SMILES string of the molecule is Cc1cc(CN(C)Cc2ccoc2)ccc1N. The lowest BCUT2D eigenvalue weighted by molar-refractivity contribution is 0.318. The zero-order valence-corrected chi connectivity index (χ0v) is 10.3. The van der Waals surface area contributed by atoms with E-state index in [0.717, 1.165) is 24.3 Å². The molecule has 0 spiro atoms. The van der Waals surface area contributed by atoms with Crippen LogP contribution in [0, 0.1) is 6.92 Å². The molecule has 0 atom stereocenters. The van der Waals surface area contributed by atoms with Crippen molar-refractivity contribution >= 4 is 5.69 Å². The van der Waals surface area contributed by atoms with Gasteiger partial charge in [0.25, 0.3) is 0 Å². The number of rotatable bonds is 4. The van der Waals surface area contributed by atoms with Gasteiger partial charge in [0, 0.05) is 24.3 Å². The Balaban J connectivity index is 1.98. The minimum Gasteiger partial charge on any atom is -0.472 e. The van der Waals surface area contributed by atoms with Crippen LogP contribution in [0.1, 0.15) is 16.7 Å². The third-order valence-electron chi connectivity index (χ3n) is 2.82. The van der Waals surface area contributed by atoms with E-state index < -0.39 is 0 Å². The number of nitrogens with two attached hydrogens (primary N) is 1. The van der Waals surface area contributed by atoms with E-state index >= 15 is 0 Å². The number of hydrogen-bond donors (Lipinski definition) is 1. The Morgan fingerprint density at radius 2 is 1.94 bits per heavy atom. The first kappa shape index (κ1) is 11.7. The number of aryl methyl sites for hydroxylation is 1. The van der Waals surface area contributed by atoms with Crippen molar-refractivity contribution in [3.8, 4) is 0 Å². The summed E-state index contributed by atoms with van der Waals surface area (Å²) in [6.07, 6.45) is 3.49. The smallest absolute Gasteiger partial charge is 0.0947 e. The van der Waals surface area contributed by atoms with Crippen LogP contribution in [0.15, 0.2) is 41.2 Å². The van der Waals surface area contributed by atoms with Crippen molar-refractivity contribution in [2.24, 2.45) is 0 Å². The summed E-state index contributed by atoms with van der Waals surface area (Å²) >= 11 is 0. The van der Waals surface area contributed by atoms with Crippen LogP contribution in [0.2, 0.25) is 0 Å². The monoisotopic (exact) mass is 230 g/mol. The highest BCUT2D eigenvalue weighted by atomic mass is 16.3. The van der Waals surface area contributed by atoms with E-state index in [1.807, 2.05) is 19.1 Å². The Morgan fingerprint density at radius 1 is 1.18 bits per heavy atom. The standard InChI is InChI=1S/C14H18N2O/c1-11-7-12(3-4-14(11)15)8-16(2)9-13-5-6-17-10-13/h3-7,10H,8-9,15H2,1-2H3. The van der Waals surface area contributed by atoms with Crippen molar-refractivity contribution in [2.75, 3.05) is 12.8 Å². The summed E-state index contributed by atoms with van der Waals surface area (Å²) in [7, 11) is 2.10. The van der Waals surface area contributed by atoms with Gasteiger partial charge in [-0.2, -0.15) is 0 Å². The molecule has 3 nitrogen and oxygen atoms in total. The summed E-state index contributed by atoms with van der Waals surface area (Å²) in [4.78, 5) is 2.25. The number of nitrogen functional groups attached to an aromatic ring is 1. The molecule has 3 heteroatoms. The molecular weight excluding hydrogens is 212 g/mol. The molecule has 1 aromatic carbocycles. The van der Waals surface area contributed by atoms with Gasteiger partial charge in [0.05, 0.1) is 12.5 Å². The number of benzene rings is 1. The molecule has 1 aromatic heterocycles. The maximum Gasteiger partial charge on any atom is 0.0947 e. The van der Waals surface area contributed by atoms with Crippen molar-refractivity contribution in [2.45, 2.75) is 20.0 Å². The minimum atomic E-state index is 0.853. The summed E-state index contributed by atoms with van der Waals surface area (Å²) in [5, 5.41) is 0. The molecule has 0 bridgehead atoms. The Kier molecular flexibility index (Phi) is 3.49. The number of anilines is 1. The second-order valence-corrected chi connectivity index (χ2v) is 4.49. The van der Waals surface area contributed by atoms with Crippen LogP contribution >= 0.6 is 0 Å². The summed E-state index contributed by atoms with van der Waals surface area (Å²) < 4.78 is 5.06. The first-order valence-corrected chi connectivity index (χ1v) is 5.70. The lowest BCUT2D eigenvalue weighted by Crippen LogP contribution is -2.16. The maximum absolute atomic E-state index is 5.80. The molecule has 0 aliphatic carbocycles. The van der Waals surface area contributed by atoms with E-state index in [2.05, 4.69) is 24.1 Å². The quantitative estimate of drug-likeness (QED) is 0.821. The summed E-state index contributed by atoms with van der Waals surface area (Å²) in [5.41, 5.74) is 10.3. The molecule has 0 unspecified atom stereocenters. The molecule has 0 aliphatic rings. The molecule has 2 rings (SSSR count). The van der Waals surface area contributed by atoms with Gasteiger partial charge >= 0.3 is 0 Å². The van der Waals surface area contributed by atoms with Crippen LogP contribution in [-0.2, 0) is 13.1 Å². The Hall–Kier alpha value is -1.74. The van der Waals surface area contributed by atoms with Gasteiger partial charge in [-0.25, -0.2) is 0 Å². The molecule has 0 amide bonds. The van der Waals surface area contributed by atoms with Gasteiger partial charge in [-0.15, -0.1) is 0 Å². The molecule has 90 valence electrons. The van der Waals surface area contributed by atoms with Gasteiger partial charge in [-0.1, -0.05) is 12.1 Å². The second kappa shape index (κ2) is 5.06.